The average molecular weight is 370 g/mol. The first-order valence-electron chi connectivity index (χ1n) is 8.08. The number of hydrogen-bond acceptors (Lipinski definition) is 6. The third kappa shape index (κ3) is 3.97. The molecule has 3 aromatic rings. The Hall–Kier alpha value is -3.00. The van der Waals surface area contributed by atoms with Crippen molar-refractivity contribution >= 4 is 33.5 Å². The quantitative estimate of drug-likeness (QED) is 0.720. The minimum Gasteiger partial charge on any atom is -0.467 e. The molecular weight excluding hydrogens is 352 g/mol. The lowest BCUT2D eigenvalue weighted by Crippen LogP contribution is -2.41. The molecule has 3 amide bonds. The molecule has 0 aliphatic heterocycles. The fraction of sp³-hybridized carbons (Fsp3) is 0.222. The lowest BCUT2D eigenvalue weighted by atomic mass is 10.0. The zero-order valence-electron chi connectivity index (χ0n) is 14.4. The van der Waals surface area contributed by atoms with Gasteiger partial charge in [-0.2, -0.15) is 0 Å². The largest absolute Gasteiger partial charge is 0.467 e. The molecule has 0 atom stereocenters. The molecule has 26 heavy (non-hydrogen) atoms. The summed E-state index contributed by atoms with van der Waals surface area (Å²) in [4.78, 5) is 32.4. The Morgan fingerprint density at radius 3 is 2.69 bits per heavy atom. The molecule has 0 spiro atoms. The average Bonchev–Trinajstić information content (AvgIpc) is 3.05. The molecule has 0 fully saturated rings. The normalized spacial score (nSPS) is 10.5. The van der Waals surface area contributed by atoms with E-state index in [1.807, 2.05) is 36.6 Å². The van der Waals surface area contributed by atoms with Crippen LogP contribution in [0.2, 0.25) is 0 Å². The van der Waals surface area contributed by atoms with Crippen LogP contribution in [0, 0.1) is 6.92 Å². The van der Waals surface area contributed by atoms with Crippen LogP contribution >= 0.6 is 11.3 Å². The molecule has 0 unspecified atom stereocenters. The van der Waals surface area contributed by atoms with Gasteiger partial charge in [0.25, 0.3) is 5.91 Å². The highest BCUT2D eigenvalue weighted by Crippen LogP contribution is 2.37. The van der Waals surface area contributed by atoms with Crippen LogP contribution in [-0.4, -0.2) is 35.1 Å². The number of fused-ring (bicyclic) bond motifs is 1. The Bertz CT molecular complexity index is 937. The van der Waals surface area contributed by atoms with Crippen molar-refractivity contribution in [2.45, 2.75) is 13.8 Å². The number of amides is 3. The molecule has 2 aromatic heterocycles. The minimum absolute atomic E-state index is 0.313. The number of aryl methyl sites for hydroxylation is 1. The lowest BCUT2D eigenvalue weighted by molar-refractivity contribution is -0.122. The van der Waals surface area contributed by atoms with Crippen LogP contribution in [0.25, 0.3) is 21.3 Å². The summed E-state index contributed by atoms with van der Waals surface area (Å²) in [6.07, 6.45) is 1.40. The van der Waals surface area contributed by atoms with Gasteiger partial charge < -0.3 is 10.1 Å². The number of carbonyl (C=O) groups excluding carboxylic acids is 2. The molecule has 7 nitrogen and oxygen atoms in total. The fourth-order valence-corrected chi connectivity index (χ4v) is 3.31. The van der Waals surface area contributed by atoms with Crippen molar-refractivity contribution in [3.8, 4) is 17.0 Å². The number of carbonyl (C=O) groups is 2. The highest BCUT2D eigenvalue weighted by molar-refractivity contribution is 7.17. The zero-order valence-corrected chi connectivity index (χ0v) is 15.2. The third-order valence-electron chi connectivity index (χ3n) is 3.63. The van der Waals surface area contributed by atoms with Crippen LogP contribution in [0.15, 0.2) is 36.0 Å². The van der Waals surface area contributed by atoms with Gasteiger partial charge in [0.15, 0.2) is 6.61 Å². The maximum Gasteiger partial charge on any atom is 0.321 e. The Morgan fingerprint density at radius 2 is 1.96 bits per heavy atom. The second kappa shape index (κ2) is 7.92. The number of rotatable bonds is 5. The van der Waals surface area contributed by atoms with E-state index in [1.54, 1.807) is 6.92 Å². The van der Waals surface area contributed by atoms with Gasteiger partial charge in [-0.05, 0) is 19.4 Å². The maximum absolute atomic E-state index is 11.8. The van der Waals surface area contributed by atoms with Crippen molar-refractivity contribution in [2.75, 3.05) is 13.2 Å². The fourth-order valence-electron chi connectivity index (χ4n) is 2.40. The van der Waals surface area contributed by atoms with Gasteiger partial charge >= 0.3 is 6.03 Å². The summed E-state index contributed by atoms with van der Waals surface area (Å²) in [7, 11) is 0. The molecular formula is C18H18N4O3S. The highest BCUT2D eigenvalue weighted by Gasteiger charge is 2.16. The number of hydrogen-bond donors (Lipinski definition) is 2. The van der Waals surface area contributed by atoms with E-state index in [0.717, 1.165) is 21.3 Å². The van der Waals surface area contributed by atoms with Crippen molar-refractivity contribution in [2.24, 2.45) is 0 Å². The summed E-state index contributed by atoms with van der Waals surface area (Å²) >= 11 is 1.48. The molecule has 1 aromatic carbocycles. The lowest BCUT2D eigenvalue weighted by Gasteiger charge is -2.08. The molecule has 0 radical (unpaired) electrons. The molecule has 2 N–H and O–H groups in total. The van der Waals surface area contributed by atoms with Crippen molar-refractivity contribution in [3.63, 3.8) is 0 Å². The Kier molecular flexibility index (Phi) is 5.43. The van der Waals surface area contributed by atoms with Crippen LogP contribution in [0.4, 0.5) is 4.79 Å². The predicted octanol–water partition coefficient (Wildman–Crippen LogP) is 2.89. The molecule has 0 aliphatic carbocycles. The second-order valence-electron chi connectivity index (χ2n) is 5.57. The number of urea groups is 1. The van der Waals surface area contributed by atoms with Crippen LogP contribution in [0.3, 0.4) is 0 Å². The second-order valence-corrected chi connectivity index (χ2v) is 6.43. The summed E-state index contributed by atoms with van der Waals surface area (Å²) in [6.45, 7) is 3.91. The van der Waals surface area contributed by atoms with Gasteiger partial charge in [-0.25, -0.2) is 14.8 Å². The van der Waals surface area contributed by atoms with E-state index in [2.05, 4.69) is 20.6 Å². The van der Waals surface area contributed by atoms with Crippen molar-refractivity contribution < 1.29 is 14.3 Å². The van der Waals surface area contributed by atoms with E-state index in [-0.39, 0.29) is 6.61 Å². The van der Waals surface area contributed by atoms with E-state index < -0.39 is 11.9 Å². The molecule has 3 rings (SSSR count). The first-order chi connectivity index (χ1) is 12.6. The molecule has 0 saturated carbocycles. The molecule has 134 valence electrons. The van der Waals surface area contributed by atoms with Gasteiger partial charge in [0, 0.05) is 17.5 Å². The zero-order chi connectivity index (χ0) is 18.5. The molecule has 0 bridgehead atoms. The van der Waals surface area contributed by atoms with E-state index >= 15 is 0 Å². The Balaban J connectivity index is 1.83. The third-order valence-corrected chi connectivity index (χ3v) is 4.51. The van der Waals surface area contributed by atoms with E-state index in [4.69, 9.17) is 4.74 Å². The van der Waals surface area contributed by atoms with E-state index in [1.165, 1.54) is 23.2 Å². The highest BCUT2D eigenvalue weighted by atomic mass is 32.1. The Labute approximate surface area is 154 Å². The molecule has 2 heterocycles. The minimum atomic E-state index is -0.551. The summed E-state index contributed by atoms with van der Waals surface area (Å²) in [6, 6.07) is 7.56. The summed E-state index contributed by atoms with van der Waals surface area (Å²) in [5.41, 5.74) is 3.14. The number of nitrogens with zero attached hydrogens (tertiary/aromatic N) is 2. The molecule has 0 saturated heterocycles. The SMILES string of the molecule is CCNC(=O)NC(=O)COc1ncnc2scc(-c3ccc(C)cc3)c12. The van der Waals surface area contributed by atoms with Crippen LogP contribution < -0.4 is 15.4 Å². The molecule has 0 aliphatic rings. The van der Waals surface area contributed by atoms with E-state index in [0.29, 0.717) is 12.4 Å². The van der Waals surface area contributed by atoms with Gasteiger partial charge in [-0.3, -0.25) is 10.1 Å². The Morgan fingerprint density at radius 1 is 1.19 bits per heavy atom. The molecule has 8 heteroatoms. The van der Waals surface area contributed by atoms with Crippen molar-refractivity contribution in [3.05, 3.63) is 41.5 Å². The van der Waals surface area contributed by atoms with Gasteiger partial charge in [-0.15, -0.1) is 11.3 Å². The van der Waals surface area contributed by atoms with Crippen LogP contribution in [-0.2, 0) is 4.79 Å². The topological polar surface area (TPSA) is 93.2 Å². The number of aromatic nitrogens is 2. The van der Waals surface area contributed by atoms with Gasteiger partial charge in [0.05, 0.1) is 5.39 Å². The van der Waals surface area contributed by atoms with Crippen molar-refractivity contribution in [1.29, 1.82) is 0 Å². The van der Waals surface area contributed by atoms with Crippen LogP contribution in [0.1, 0.15) is 12.5 Å². The summed E-state index contributed by atoms with van der Waals surface area (Å²) < 4.78 is 5.57. The monoisotopic (exact) mass is 370 g/mol. The number of thiophene rings is 1. The first-order valence-corrected chi connectivity index (χ1v) is 8.96. The number of benzene rings is 1. The standard InChI is InChI=1S/C18H18N4O3S/c1-3-19-18(24)22-14(23)8-25-16-15-13(9-26-17(15)21-10-20-16)12-6-4-11(2)5-7-12/h4-7,9-10H,3,8H2,1-2H3,(H2,19,22,23,24). The predicted molar refractivity (Wildman–Crippen MR) is 100 cm³/mol. The maximum atomic E-state index is 11.8. The summed E-state index contributed by atoms with van der Waals surface area (Å²) in [5.74, 6) is -0.229. The van der Waals surface area contributed by atoms with E-state index in [9.17, 15) is 9.59 Å². The van der Waals surface area contributed by atoms with Gasteiger partial charge in [0.2, 0.25) is 5.88 Å². The number of ether oxygens (including phenoxy) is 1. The number of imide groups is 1. The summed E-state index contributed by atoms with van der Waals surface area (Å²) in [5, 5.41) is 7.42. The number of nitrogens with one attached hydrogen (secondary N) is 2. The first kappa shape index (κ1) is 17.8. The van der Waals surface area contributed by atoms with Gasteiger partial charge in [0.1, 0.15) is 11.2 Å². The van der Waals surface area contributed by atoms with Gasteiger partial charge in [-0.1, -0.05) is 29.8 Å². The smallest absolute Gasteiger partial charge is 0.321 e. The van der Waals surface area contributed by atoms with Crippen LogP contribution in [0.5, 0.6) is 5.88 Å². The van der Waals surface area contributed by atoms with Crippen molar-refractivity contribution in [1.82, 2.24) is 20.6 Å².